The first-order valence-corrected chi connectivity index (χ1v) is 5.43. The third-order valence-corrected chi connectivity index (χ3v) is 2.43. The van der Waals surface area contributed by atoms with Crippen molar-refractivity contribution in [3.63, 3.8) is 0 Å². The zero-order valence-corrected chi connectivity index (χ0v) is 10.2. The Morgan fingerprint density at radius 3 is 2.62 bits per heavy atom. The minimum atomic E-state index is -0.663. The normalized spacial score (nSPS) is 10.0. The van der Waals surface area contributed by atoms with Gasteiger partial charge in [-0.3, -0.25) is 4.79 Å². The minimum Gasteiger partial charge on any atom is -0.381 e. The van der Waals surface area contributed by atoms with E-state index in [9.17, 15) is 13.6 Å². The van der Waals surface area contributed by atoms with Crippen LogP contribution in [-0.4, -0.2) is 19.0 Å². The molecule has 2 N–H and O–H groups in total. The SMILES string of the molecule is CC(=O)NCCNc1cc(Br)c(F)cc1F. The van der Waals surface area contributed by atoms with Gasteiger partial charge in [-0.2, -0.15) is 0 Å². The molecule has 0 saturated heterocycles. The average molecular weight is 293 g/mol. The summed E-state index contributed by atoms with van der Waals surface area (Å²) in [7, 11) is 0. The third kappa shape index (κ3) is 3.77. The fourth-order valence-corrected chi connectivity index (χ4v) is 1.44. The van der Waals surface area contributed by atoms with Gasteiger partial charge < -0.3 is 10.6 Å². The Bertz CT molecular complexity index is 399. The van der Waals surface area contributed by atoms with E-state index in [-0.39, 0.29) is 16.1 Å². The summed E-state index contributed by atoms with van der Waals surface area (Å²) in [6, 6.07) is 2.11. The lowest BCUT2D eigenvalue weighted by Gasteiger charge is -2.08. The molecule has 0 unspecified atom stereocenters. The highest BCUT2D eigenvalue weighted by Gasteiger charge is 2.07. The molecule has 1 amide bonds. The van der Waals surface area contributed by atoms with Gasteiger partial charge >= 0.3 is 0 Å². The van der Waals surface area contributed by atoms with Gasteiger partial charge in [0.15, 0.2) is 0 Å². The van der Waals surface area contributed by atoms with Crippen LogP contribution in [0.2, 0.25) is 0 Å². The largest absolute Gasteiger partial charge is 0.381 e. The average Bonchev–Trinajstić information content (AvgIpc) is 2.19. The van der Waals surface area contributed by atoms with Gasteiger partial charge in [-0.25, -0.2) is 8.78 Å². The van der Waals surface area contributed by atoms with Crippen molar-refractivity contribution in [2.24, 2.45) is 0 Å². The maximum Gasteiger partial charge on any atom is 0.216 e. The van der Waals surface area contributed by atoms with Crippen molar-refractivity contribution >= 4 is 27.5 Å². The summed E-state index contributed by atoms with van der Waals surface area (Å²) in [5.74, 6) is -1.46. The van der Waals surface area contributed by atoms with Crippen molar-refractivity contribution in [1.82, 2.24) is 5.32 Å². The minimum absolute atomic E-state index is 0.150. The Morgan fingerprint density at radius 2 is 2.00 bits per heavy atom. The fraction of sp³-hybridized carbons (Fsp3) is 0.300. The molecule has 0 bridgehead atoms. The maximum absolute atomic E-state index is 13.2. The highest BCUT2D eigenvalue weighted by Crippen LogP contribution is 2.23. The van der Waals surface area contributed by atoms with E-state index in [1.807, 2.05) is 0 Å². The predicted octanol–water partition coefficient (Wildman–Crippen LogP) is 2.28. The van der Waals surface area contributed by atoms with Gasteiger partial charge in [0.25, 0.3) is 0 Å². The number of rotatable bonds is 4. The molecule has 0 aliphatic heterocycles. The molecule has 0 heterocycles. The molecular formula is C10H11BrF2N2O. The van der Waals surface area contributed by atoms with Gasteiger partial charge in [-0.15, -0.1) is 0 Å². The van der Waals surface area contributed by atoms with E-state index >= 15 is 0 Å². The van der Waals surface area contributed by atoms with E-state index in [0.29, 0.717) is 13.1 Å². The lowest BCUT2D eigenvalue weighted by molar-refractivity contribution is -0.118. The molecule has 0 atom stereocenters. The van der Waals surface area contributed by atoms with Crippen molar-refractivity contribution < 1.29 is 13.6 Å². The summed E-state index contributed by atoms with van der Waals surface area (Å²) in [6.07, 6.45) is 0. The molecule has 0 radical (unpaired) electrons. The first-order valence-electron chi connectivity index (χ1n) is 4.63. The van der Waals surface area contributed by atoms with Gasteiger partial charge in [-0.1, -0.05) is 0 Å². The Kier molecular flexibility index (Phi) is 4.67. The summed E-state index contributed by atoms with van der Waals surface area (Å²) in [6.45, 7) is 2.15. The molecule has 0 aromatic heterocycles. The van der Waals surface area contributed by atoms with Crippen molar-refractivity contribution in [1.29, 1.82) is 0 Å². The first kappa shape index (κ1) is 12.9. The van der Waals surface area contributed by atoms with Crippen molar-refractivity contribution in [3.05, 3.63) is 28.2 Å². The second-order valence-electron chi connectivity index (χ2n) is 3.16. The van der Waals surface area contributed by atoms with Crippen LogP contribution < -0.4 is 10.6 Å². The number of nitrogens with one attached hydrogen (secondary N) is 2. The molecule has 0 fully saturated rings. The van der Waals surface area contributed by atoms with Crippen molar-refractivity contribution in [2.75, 3.05) is 18.4 Å². The van der Waals surface area contributed by atoms with E-state index in [1.165, 1.54) is 13.0 Å². The van der Waals surface area contributed by atoms with Crippen molar-refractivity contribution in [3.8, 4) is 0 Å². The standard InChI is InChI=1S/C10H11BrF2N2O/c1-6(16)14-2-3-15-10-4-7(11)8(12)5-9(10)13/h4-5,15H,2-3H2,1H3,(H,14,16). The number of halogens is 3. The van der Waals surface area contributed by atoms with Crippen LogP contribution in [-0.2, 0) is 4.79 Å². The predicted molar refractivity (Wildman–Crippen MR) is 61.2 cm³/mol. The Morgan fingerprint density at radius 1 is 1.31 bits per heavy atom. The third-order valence-electron chi connectivity index (χ3n) is 1.82. The number of benzene rings is 1. The molecule has 0 aliphatic carbocycles. The van der Waals surface area contributed by atoms with Crippen LogP contribution in [0.5, 0.6) is 0 Å². The van der Waals surface area contributed by atoms with Crippen LogP contribution in [0, 0.1) is 11.6 Å². The molecule has 0 aliphatic rings. The number of amides is 1. The van der Waals surface area contributed by atoms with Crippen LogP contribution in [0.3, 0.4) is 0 Å². The molecule has 1 rings (SSSR count). The van der Waals surface area contributed by atoms with E-state index < -0.39 is 11.6 Å². The molecule has 1 aromatic carbocycles. The number of hydrogen-bond donors (Lipinski definition) is 2. The first-order chi connectivity index (χ1) is 7.50. The summed E-state index contributed by atoms with van der Waals surface area (Å²) < 4.78 is 26.3. The summed E-state index contributed by atoms with van der Waals surface area (Å²) in [4.78, 5) is 10.6. The quantitative estimate of drug-likeness (QED) is 0.660. The van der Waals surface area contributed by atoms with Gasteiger partial charge in [0, 0.05) is 26.1 Å². The summed E-state index contributed by atoms with van der Waals surface area (Å²) >= 11 is 2.96. The molecule has 16 heavy (non-hydrogen) atoms. The van der Waals surface area contributed by atoms with Gasteiger partial charge in [0.1, 0.15) is 11.6 Å². The Balaban J connectivity index is 2.54. The summed E-state index contributed by atoms with van der Waals surface area (Å²) in [5.41, 5.74) is 0.193. The van der Waals surface area contributed by atoms with Crippen molar-refractivity contribution in [2.45, 2.75) is 6.92 Å². The zero-order valence-electron chi connectivity index (χ0n) is 8.61. The molecule has 6 heteroatoms. The highest BCUT2D eigenvalue weighted by atomic mass is 79.9. The lowest BCUT2D eigenvalue weighted by atomic mass is 10.3. The van der Waals surface area contributed by atoms with Crippen LogP contribution in [0.4, 0.5) is 14.5 Å². The van der Waals surface area contributed by atoms with E-state index in [1.54, 1.807) is 0 Å². The number of carbonyl (C=O) groups excluding carboxylic acids is 1. The summed E-state index contributed by atoms with van der Waals surface area (Å²) in [5, 5.41) is 5.30. The topological polar surface area (TPSA) is 41.1 Å². The zero-order chi connectivity index (χ0) is 12.1. The number of hydrogen-bond acceptors (Lipinski definition) is 2. The van der Waals surface area contributed by atoms with Gasteiger partial charge in [0.05, 0.1) is 10.2 Å². The van der Waals surface area contributed by atoms with Gasteiger partial charge in [-0.05, 0) is 22.0 Å². The van der Waals surface area contributed by atoms with Crippen LogP contribution in [0.15, 0.2) is 16.6 Å². The molecule has 1 aromatic rings. The molecular weight excluding hydrogens is 282 g/mol. The monoisotopic (exact) mass is 292 g/mol. The second kappa shape index (κ2) is 5.79. The van der Waals surface area contributed by atoms with E-state index in [2.05, 4.69) is 26.6 Å². The van der Waals surface area contributed by atoms with Gasteiger partial charge in [0.2, 0.25) is 5.91 Å². The molecule has 0 spiro atoms. The smallest absolute Gasteiger partial charge is 0.216 e. The van der Waals surface area contributed by atoms with E-state index in [4.69, 9.17) is 0 Å². The molecule has 3 nitrogen and oxygen atoms in total. The number of carbonyl (C=O) groups is 1. The molecule has 88 valence electrons. The molecule has 0 saturated carbocycles. The lowest BCUT2D eigenvalue weighted by Crippen LogP contribution is -2.26. The number of anilines is 1. The van der Waals surface area contributed by atoms with Crippen LogP contribution in [0.25, 0.3) is 0 Å². The Labute approximate surface area is 100 Å². The maximum atomic E-state index is 13.2. The Hall–Kier alpha value is -1.17. The fourth-order valence-electron chi connectivity index (χ4n) is 1.09. The van der Waals surface area contributed by atoms with E-state index in [0.717, 1.165) is 6.07 Å². The van der Waals surface area contributed by atoms with Crippen LogP contribution >= 0.6 is 15.9 Å². The second-order valence-corrected chi connectivity index (χ2v) is 4.01. The van der Waals surface area contributed by atoms with Crippen LogP contribution in [0.1, 0.15) is 6.92 Å². The highest BCUT2D eigenvalue weighted by molar-refractivity contribution is 9.10.